The summed E-state index contributed by atoms with van der Waals surface area (Å²) >= 11 is 0. The van der Waals surface area contributed by atoms with Gasteiger partial charge in [0.15, 0.2) is 0 Å². The summed E-state index contributed by atoms with van der Waals surface area (Å²) in [6.07, 6.45) is 4.28. The van der Waals surface area contributed by atoms with Crippen molar-refractivity contribution in [1.82, 2.24) is 4.57 Å². The second-order valence-electron chi connectivity index (χ2n) is 5.54. The Morgan fingerprint density at radius 2 is 1.91 bits per heavy atom. The molecule has 0 atom stereocenters. The van der Waals surface area contributed by atoms with Crippen molar-refractivity contribution in [3.05, 3.63) is 65.9 Å². The van der Waals surface area contributed by atoms with Gasteiger partial charge in [0, 0.05) is 24.2 Å². The maximum atomic E-state index is 5.67. The molecule has 0 aliphatic rings. The fraction of sp³-hybridized carbons (Fsp3) is 0.263. The summed E-state index contributed by atoms with van der Waals surface area (Å²) in [6, 6.07) is 16.8. The van der Waals surface area contributed by atoms with Crippen molar-refractivity contribution in [2.24, 2.45) is 5.73 Å². The zero-order valence-electron chi connectivity index (χ0n) is 13.0. The van der Waals surface area contributed by atoms with E-state index in [4.69, 9.17) is 10.5 Å². The van der Waals surface area contributed by atoms with E-state index in [9.17, 15) is 0 Å². The molecule has 0 spiro atoms. The standard InChI is InChI=1S/C19H22N2O/c1-22-17-9-10-18-16(8-5-11-20)14-21(19(18)12-17)13-15-6-3-2-4-7-15/h2-4,6-7,9-10,12,14H,5,8,11,13,20H2,1H3. The molecule has 2 N–H and O–H groups in total. The summed E-state index contributed by atoms with van der Waals surface area (Å²) in [5.41, 5.74) is 9.55. The van der Waals surface area contributed by atoms with Gasteiger partial charge in [0.2, 0.25) is 0 Å². The molecule has 3 nitrogen and oxygen atoms in total. The van der Waals surface area contributed by atoms with E-state index in [0.29, 0.717) is 0 Å². The minimum Gasteiger partial charge on any atom is -0.497 e. The molecular formula is C19H22N2O. The molecule has 1 aromatic heterocycles. The van der Waals surface area contributed by atoms with Gasteiger partial charge in [0.1, 0.15) is 5.75 Å². The number of methoxy groups -OCH3 is 1. The first-order valence-corrected chi connectivity index (χ1v) is 7.71. The van der Waals surface area contributed by atoms with Gasteiger partial charge in [-0.15, -0.1) is 0 Å². The van der Waals surface area contributed by atoms with Crippen LogP contribution in [0.4, 0.5) is 0 Å². The van der Waals surface area contributed by atoms with E-state index in [1.165, 1.54) is 22.0 Å². The molecule has 0 amide bonds. The number of benzene rings is 2. The Kier molecular flexibility index (Phi) is 4.45. The van der Waals surface area contributed by atoms with Crippen molar-refractivity contribution in [1.29, 1.82) is 0 Å². The van der Waals surface area contributed by atoms with Gasteiger partial charge in [-0.2, -0.15) is 0 Å². The lowest BCUT2D eigenvalue weighted by Gasteiger charge is -2.06. The molecule has 3 rings (SSSR count). The van der Waals surface area contributed by atoms with E-state index < -0.39 is 0 Å². The number of rotatable bonds is 6. The van der Waals surface area contributed by atoms with Crippen LogP contribution in [0, 0.1) is 0 Å². The number of aryl methyl sites for hydroxylation is 1. The minimum absolute atomic E-state index is 0.724. The third-order valence-electron chi connectivity index (χ3n) is 4.02. The van der Waals surface area contributed by atoms with Crippen LogP contribution < -0.4 is 10.5 Å². The van der Waals surface area contributed by atoms with Crippen LogP contribution in [0.5, 0.6) is 5.75 Å². The Morgan fingerprint density at radius 1 is 1.09 bits per heavy atom. The first kappa shape index (κ1) is 14.7. The third-order valence-corrected chi connectivity index (χ3v) is 4.02. The van der Waals surface area contributed by atoms with E-state index in [1.807, 2.05) is 12.1 Å². The van der Waals surface area contributed by atoms with Crippen LogP contribution in [0.1, 0.15) is 17.5 Å². The molecule has 2 aromatic carbocycles. The van der Waals surface area contributed by atoms with Crippen molar-refractivity contribution in [2.45, 2.75) is 19.4 Å². The van der Waals surface area contributed by atoms with Gasteiger partial charge in [-0.05, 0) is 42.6 Å². The summed E-state index contributed by atoms with van der Waals surface area (Å²) in [4.78, 5) is 0. The Labute approximate surface area is 131 Å². The predicted molar refractivity (Wildman–Crippen MR) is 91.4 cm³/mol. The van der Waals surface area contributed by atoms with Crippen LogP contribution in [-0.4, -0.2) is 18.2 Å². The summed E-state index contributed by atoms with van der Waals surface area (Å²) < 4.78 is 7.69. The first-order chi connectivity index (χ1) is 10.8. The zero-order valence-corrected chi connectivity index (χ0v) is 13.0. The van der Waals surface area contributed by atoms with Crippen molar-refractivity contribution >= 4 is 10.9 Å². The second-order valence-corrected chi connectivity index (χ2v) is 5.54. The Morgan fingerprint density at radius 3 is 2.64 bits per heavy atom. The number of nitrogens with zero attached hydrogens (tertiary/aromatic N) is 1. The Bertz CT molecular complexity index is 747. The number of aromatic nitrogens is 1. The molecule has 0 bridgehead atoms. The summed E-state index contributed by atoms with van der Waals surface area (Å²) in [5, 5.41) is 1.30. The Hall–Kier alpha value is -2.26. The number of hydrogen-bond acceptors (Lipinski definition) is 2. The topological polar surface area (TPSA) is 40.2 Å². The van der Waals surface area contributed by atoms with Crippen LogP contribution in [0.15, 0.2) is 54.7 Å². The lowest BCUT2D eigenvalue weighted by molar-refractivity contribution is 0.415. The lowest BCUT2D eigenvalue weighted by atomic mass is 10.1. The average molecular weight is 294 g/mol. The molecule has 3 heteroatoms. The van der Waals surface area contributed by atoms with Crippen molar-refractivity contribution in [2.75, 3.05) is 13.7 Å². The molecule has 3 aromatic rings. The molecule has 0 unspecified atom stereocenters. The smallest absolute Gasteiger partial charge is 0.120 e. The largest absolute Gasteiger partial charge is 0.497 e. The van der Waals surface area contributed by atoms with Crippen LogP contribution in [0.25, 0.3) is 10.9 Å². The molecule has 0 aliphatic heterocycles. The van der Waals surface area contributed by atoms with Crippen molar-refractivity contribution in [3.63, 3.8) is 0 Å². The van der Waals surface area contributed by atoms with Crippen LogP contribution in [0.2, 0.25) is 0 Å². The molecule has 0 saturated heterocycles. The highest BCUT2D eigenvalue weighted by Crippen LogP contribution is 2.27. The molecule has 0 saturated carbocycles. The highest BCUT2D eigenvalue weighted by atomic mass is 16.5. The normalized spacial score (nSPS) is 11.0. The maximum Gasteiger partial charge on any atom is 0.120 e. The van der Waals surface area contributed by atoms with Gasteiger partial charge >= 0.3 is 0 Å². The highest BCUT2D eigenvalue weighted by molar-refractivity contribution is 5.85. The van der Waals surface area contributed by atoms with E-state index in [2.05, 4.69) is 47.2 Å². The van der Waals surface area contributed by atoms with E-state index in [-0.39, 0.29) is 0 Å². The second kappa shape index (κ2) is 6.67. The van der Waals surface area contributed by atoms with Crippen molar-refractivity contribution < 1.29 is 4.74 Å². The molecule has 114 valence electrons. The third kappa shape index (κ3) is 3.00. The van der Waals surface area contributed by atoms with Gasteiger partial charge in [-0.3, -0.25) is 0 Å². The van der Waals surface area contributed by atoms with Crippen LogP contribution in [0.3, 0.4) is 0 Å². The van der Waals surface area contributed by atoms with Gasteiger partial charge < -0.3 is 15.0 Å². The van der Waals surface area contributed by atoms with Crippen LogP contribution >= 0.6 is 0 Å². The summed E-state index contributed by atoms with van der Waals surface area (Å²) in [7, 11) is 1.71. The summed E-state index contributed by atoms with van der Waals surface area (Å²) in [5.74, 6) is 0.894. The molecule has 1 heterocycles. The van der Waals surface area contributed by atoms with E-state index >= 15 is 0 Å². The highest BCUT2D eigenvalue weighted by Gasteiger charge is 2.10. The maximum absolute atomic E-state index is 5.67. The van der Waals surface area contributed by atoms with Crippen molar-refractivity contribution in [3.8, 4) is 5.75 Å². The molecule has 0 fully saturated rings. The van der Waals surface area contributed by atoms with Crippen LogP contribution in [-0.2, 0) is 13.0 Å². The first-order valence-electron chi connectivity index (χ1n) is 7.71. The van der Waals surface area contributed by atoms with E-state index in [0.717, 1.165) is 31.7 Å². The van der Waals surface area contributed by atoms with Gasteiger partial charge in [-0.1, -0.05) is 30.3 Å². The number of nitrogens with two attached hydrogens (primary N) is 1. The van der Waals surface area contributed by atoms with Gasteiger partial charge in [0.05, 0.1) is 12.6 Å². The quantitative estimate of drug-likeness (QED) is 0.754. The van der Waals surface area contributed by atoms with E-state index in [1.54, 1.807) is 7.11 Å². The Balaban J connectivity index is 2.03. The number of ether oxygens (including phenoxy) is 1. The molecule has 0 radical (unpaired) electrons. The fourth-order valence-electron chi connectivity index (χ4n) is 2.88. The molecule has 22 heavy (non-hydrogen) atoms. The number of fused-ring (bicyclic) bond motifs is 1. The van der Waals surface area contributed by atoms with Gasteiger partial charge in [0.25, 0.3) is 0 Å². The molecule has 0 aliphatic carbocycles. The number of hydrogen-bond donors (Lipinski definition) is 1. The average Bonchev–Trinajstić information content (AvgIpc) is 2.91. The SMILES string of the molecule is COc1ccc2c(CCCN)cn(Cc3ccccc3)c2c1. The zero-order chi connectivity index (χ0) is 15.4. The summed E-state index contributed by atoms with van der Waals surface area (Å²) in [6.45, 7) is 1.59. The fourth-order valence-corrected chi connectivity index (χ4v) is 2.88. The van der Waals surface area contributed by atoms with Gasteiger partial charge in [-0.25, -0.2) is 0 Å². The predicted octanol–water partition coefficient (Wildman–Crippen LogP) is 3.59. The monoisotopic (exact) mass is 294 g/mol. The molecular weight excluding hydrogens is 272 g/mol. The lowest BCUT2D eigenvalue weighted by Crippen LogP contribution is -2.00. The minimum atomic E-state index is 0.724.